The summed E-state index contributed by atoms with van der Waals surface area (Å²) in [5.74, 6) is 1.76. The zero-order chi connectivity index (χ0) is 36.8. The molecule has 2 aliphatic rings. The molecule has 0 N–H and O–H groups in total. The highest BCUT2D eigenvalue weighted by atomic mass is 16.5. The highest BCUT2D eigenvalue weighted by Crippen LogP contribution is 2.64. The Morgan fingerprint density at radius 2 is 1.11 bits per heavy atom. The van der Waals surface area contributed by atoms with Gasteiger partial charge in [0.15, 0.2) is 5.58 Å². The SMILES string of the molecule is c1ccc(-c2cccc(N(c3ccc4c(c3)C3(c5ccccc5Oc5ccc6ccccc6c53)c3ccccc3-4)c3cccc4c3oc3ccccc34)c2)cc1. The maximum absolute atomic E-state index is 6.83. The number of para-hydroxylation sites is 3. The highest BCUT2D eigenvalue weighted by Gasteiger charge is 2.52. The van der Waals surface area contributed by atoms with Crippen LogP contribution in [0.5, 0.6) is 11.5 Å². The minimum Gasteiger partial charge on any atom is -0.457 e. The first kappa shape index (κ1) is 31.0. The fourth-order valence-corrected chi connectivity index (χ4v) is 9.60. The summed E-state index contributed by atoms with van der Waals surface area (Å²) in [6.07, 6.45) is 0. The summed E-state index contributed by atoms with van der Waals surface area (Å²) >= 11 is 0. The van der Waals surface area contributed by atoms with E-state index in [0.29, 0.717) is 0 Å². The fourth-order valence-electron chi connectivity index (χ4n) is 9.60. The van der Waals surface area contributed by atoms with Crippen molar-refractivity contribution in [2.45, 2.75) is 5.41 Å². The molecular weight excluding hydrogens is 683 g/mol. The molecule has 1 aliphatic carbocycles. The summed E-state index contributed by atoms with van der Waals surface area (Å²) in [6, 6.07) is 71.9. The molecule has 0 bridgehead atoms. The second-order valence-electron chi connectivity index (χ2n) is 14.8. The van der Waals surface area contributed by atoms with E-state index in [1.54, 1.807) is 0 Å². The van der Waals surface area contributed by atoms with Gasteiger partial charge in [-0.15, -0.1) is 0 Å². The van der Waals surface area contributed by atoms with Crippen LogP contribution in [0.2, 0.25) is 0 Å². The number of hydrogen-bond donors (Lipinski definition) is 0. The monoisotopic (exact) mass is 715 g/mol. The molecule has 3 heteroatoms. The third kappa shape index (κ3) is 4.28. The maximum atomic E-state index is 6.83. The average Bonchev–Trinajstić information content (AvgIpc) is 3.78. The van der Waals surface area contributed by atoms with Crippen molar-refractivity contribution < 1.29 is 9.15 Å². The number of ether oxygens (including phenoxy) is 1. The Morgan fingerprint density at radius 1 is 0.411 bits per heavy atom. The van der Waals surface area contributed by atoms with Crippen LogP contribution in [0.1, 0.15) is 22.3 Å². The molecule has 1 aromatic heterocycles. The number of furan rings is 1. The van der Waals surface area contributed by atoms with E-state index in [4.69, 9.17) is 9.15 Å². The molecule has 0 amide bonds. The fraction of sp³-hybridized carbons (Fsp3) is 0.0189. The van der Waals surface area contributed by atoms with Crippen LogP contribution in [0, 0.1) is 0 Å². The third-order valence-electron chi connectivity index (χ3n) is 11.9. The highest BCUT2D eigenvalue weighted by molar-refractivity contribution is 6.10. The predicted molar refractivity (Wildman–Crippen MR) is 229 cm³/mol. The lowest BCUT2D eigenvalue weighted by atomic mass is 9.65. The molecule has 0 saturated heterocycles. The Bertz CT molecular complexity index is 3200. The van der Waals surface area contributed by atoms with Gasteiger partial charge in [0.1, 0.15) is 17.1 Å². The summed E-state index contributed by atoms with van der Waals surface area (Å²) in [5.41, 5.74) is 13.7. The van der Waals surface area contributed by atoms with Crippen molar-refractivity contribution in [1.29, 1.82) is 0 Å². The first-order valence-corrected chi connectivity index (χ1v) is 19.2. The first-order valence-electron chi connectivity index (χ1n) is 19.2. The number of benzene rings is 9. The second kappa shape index (κ2) is 11.8. The zero-order valence-electron chi connectivity index (χ0n) is 30.3. The Labute approximate surface area is 324 Å². The summed E-state index contributed by atoms with van der Waals surface area (Å²) in [5, 5.41) is 4.57. The van der Waals surface area contributed by atoms with Crippen molar-refractivity contribution in [1.82, 2.24) is 0 Å². The van der Waals surface area contributed by atoms with Gasteiger partial charge in [0, 0.05) is 33.3 Å². The Balaban J connectivity index is 1.18. The standard InChI is InChI=1S/C53H33NO2/c1-2-14-34(15-3-1)36-17-12-18-37(32-36)54(47-25-13-22-43-42-21-7-10-26-48(42)56-52(43)47)38-29-30-41-40-20-6-8-23-44(40)53(46(41)33-38)45-24-9-11-27-49(45)55-50-31-28-35-16-4-5-19-39(35)51(50)53/h1-33H. The van der Waals surface area contributed by atoms with E-state index in [9.17, 15) is 0 Å². The van der Waals surface area contributed by atoms with Crippen LogP contribution in [-0.4, -0.2) is 0 Å². The van der Waals surface area contributed by atoms with E-state index in [2.05, 4.69) is 199 Å². The van der Waals surface area contributed by atoms with E-state index in [0.717, 1.165) is 61.6 Å². The predicted octanol–water partition coefficient (Wildman–Crippen LogP) is 14.3. The lowest BCUT2D eigenvalue weighted by molar-refractivity contribution is 0.438. The van der Waals surface area contributed by atoms with Gasteiger partial charge >= 0.3 is 0 Å². The number of hydrogen-bond acceptors (Lipinski definition) is 3. The van der Waals surface area contributed by atoms with E-state index in [1.165, 1.54) is 44.2 Å². The van der Waals surface area contributed by atoms with Crippen molar-refractivity contribution >= 4 is 49.8 Å². The Morgan fingerprint density at radius 3 is 2.04 bits per heavy atom. The summed E-state index contributed by atoms with van der Waals surface area (Å²) in [6.45, 7) is 0. The summed E-state index contributed by atoms with van der Waals surface area (Å²) < 4.78 is 13.6. The van der Waals surface area contributed by atoms with Gasteiger partial charge in [0.05, 0.1) is 11.1 Å². The summed E-state index contributed by atoms with van der Waals surface area (Å²) in [4.78, 5) is 2.38. The molecule has 56 heavy (non-hydrogen) atoms. The number of nitrogens with zero attached hydrogens (tertiary/aromatic N) is 1. The molecule has 3 nitrogen and oxygen atoms in total. The van der Waals surface area contributed by atoms with Gasteiger partial charge in [-0.2, -0.15) is 0 Å². The minimum absolute atomic E-state index is 0.643. The van der Waals surface area contributed by atoms with Gasteiger partial charge in [-0.3, -0.25) is 0 Å². The Hall–Kier alpha value is -7.36. The van der Waals surface area contributed by atoms with Crippen LogP contribution in [0.3, 0.4) is 0 Å². The van der Waals surface area contributed by atoms with Crippen molar-refractivity contribution in [3.8, 4) is 33.8 Å². The van der Waals surface area contributed by atoms with Gasteiger partial charge in [0.2, 0.25) is 0 Å². The average molecular weight is 716 g/mol. The zero-order valence-corrected chi connectivity index (χ0v) is 30.3. The minimum atomic E-state index is -0.643. The van der Waals surface area contributed by atoms with Gasteiger partial charge in [-0.1, -0.05) is 152 Å². The van der Waals surface area contributed by atoms with Crippen molar-refractivity contribution in [3.05, 3.63) is 222 Å². The van der Waals surface area contributed by atoms with Gasteiger partial charge in [-0.25, -0.2) is 0 Å². The van der Waals surface area contributed by atoms with E-state index >= 15 is 0 Å². The number of rotatable bonds is 4. The first-order chi connectivity index (χ1) is 27.8. The van der Waals surface area contributed by atoms with E-state index in [-0.39, 0.29) is 0 Å². The quantitative estimate of drug-likeness (QED) is 0.181. The normalized spacial score (nSPS) is 15.0. The number of anilines is 3. The molecule has 0 fully saturated rings. The van der Waals surface area contributed by atoms with Crippen molar-refractivity contribution in [2.24, 2.45) is 0 Å². The molecule has 262 valence electrons. The molecule has 10 aromatic rings. The molecule has 0 radical (unpaired) electrons. The van der Waals surface area contributed by atoms with Gasteiger partial charge < -0.3 is 14.1 Å². The number of fused-ring (bicyclic) bond motifs is 14. The van der Waals surface area contributed by atoms with Crippen molar-refractivity contribution in [3.63, 3.8) is 0 Å². The molecule has 9 aromatic carbocycles. The van der Waals surface area contributed by atoms with Gasteiger partial charge in [-0.05, 0) is 92.7 Å². The maximum Gasteiger partial charge on any atom is 0.159 e. The molecule has 12 rings (SSSR count). The van der Waals surface area contributed by atoms with Gasteiger partial charge in [0.25, 0.3) is 0 Å². The molecular formula is C53H33NO2. The molecule has 1 atom stereocenters. The molecule has 1 aliphatic heterocycles. The van der Waals surface area contributed by atoms with Crippen LogP contribution in [0.25, 0.3) is 55.0 Å². The Kier molecular flexibility index (Phi) is 6.55. The van der Waals surface area contributed by atoms with Crippen LogP contribution in [0.4, 0.5) is 17.1 Å². The van der Waals surface area contributed by atoms with Crippen LogP contribution >= 0.6 is 0 Å². The lowest BCUT2D eigenvalue weighted by Gasteiger charge is -2.40. The molecule has 1 spiro atoms. The van der Waals surface area contributed by atoms with Crippen LogP contribution < -0.4 is 9.64 Å². The van der Waals surface area contributed by atoms with Crippen LogP contribution in [0.15, 0.2) is 205 Å². The van der Waals surface area contributed by atoms with Crippen molar-refractivity contribution in [2.75, 3.05) is 4.90 Å². The lowest BCUT2D eigenvalue weighted by Crippen LogP contribution is -2.32. The molecule has 2 heterocycles. The topological polar surface area (TPSA) is 25.6 Å². The molecule has 0 saturated carbocycles. The largest absolute Gasteiger partial charge is 0.457 e. The third-order valence-corrected chi connectivity index (χ3v) is 11.9. The van der Waals surface area contributed by atoms with E-state index in [1.807, 2.05) is 6.07 Å². The summed E-state index contributed by atoms with van der Waals surface area (Å²) in [7, 11) is 0. The van der Waals surface area contributed by atoms with E-state index < -0.39 is 5.41 Å². The van der Waals surface area contributed by atoms with Crippen LogP contribution in [-0.2, 0) is 5.41 Å². The molecule has 1 unspecified atom stereocenters. The second-order valence-corrected chi connectivity index (χ2v) is 14.8. The smallest absolute Gasteiger partial charge is 0.159 e.